The molecule has 1 saturated carbocycles. The first-order chi connectivity index (χ1) is 8.54. The van der Waals surface area contributed by atoms with E-state index in [1.807, 2.05) is 0 Å². The van der Waals surface area contributed by atoms with Crippen LogP contribution in [0.4, 0.5) is 4.39 Å². The zero-order chi connectivity index (χ0) is 13.5. The lowest BCUT2D eigenvalue weighted by atomic mass is 9.94. The van der Waals surface area contributed by atoms with Crippen LogP contribution in [0.5, 0.6) is 0 Å². The molecule has 0 amide bonds. The van der Waals surface area contributed by atoms with Crippen molar-refractivity contribution < 1.29 is 13.9 Å². The van der Waals surface area contributed by atoms with Crippen molar-refractivity contribution in [2.45, 2.75) is 44.8 Å². The first-order valence-corrected chi connectivity index (χ1v) is 6.23. The second kappa shape index (κ2) is 7.21. The average molecular weight is 255 g/mol. The van der Waals surface area contributed by atoms with Crippen LogP contribution in [0.1, 0.15) is 32.6 Å². The average Bonchev–Trinajstić information content (AvgIpc) is 2.36. The van der Waals surface area contributed by atoms with Gasteiger partial charge in [-0.25, -0.2) is 4.39 Å². The molecule has 0 aliphatic heterocycles. The van der Waals surface area contributed by atoms with E-state index in [4.69, 9.17) is 15.2 Å². The standard InChI is InChI=1S/C14H22FNO2/c1-10(15)8-9-12(16)11(2)18-14-7-5-4-6-13(14)17-3/h8-9,13-14H,1,4-7,16H2,2-3H3/b9-8-,12-11-/t13?,14-/m1/s1. The summed E-state index contributed by atoms with van der Waals surface area (Å²) in [6.45, 7) is 4.91. The van der Waals surface area contributed by atoms with Gasteiger partial charge in [0, 0.05) is 7.11 Å². The first kappa shape index (κ1) is 14.8. The van der Waals surface area contributed by atoms with Crippen molar-refractivity contribution in [3.8, 4) is 0 Å². The van der Waals surface area contributed by atoms with Crippen molar-refractivity contribution in [3.63, 3.8) is 0 Å². The number of methoxy groups -OCH3 is 1. The molecular formula is C14H22FNO2. The zero-order valence-electron chi connectivity index (χ0n) is 11.1. The van der Waals surface area contributed by atoms with Gasteiger partial charge >= 0.3 is 0 Å². The van der Waals surface area contributed by atoms with Crippen LogP contribution in [0, 0.1) is 0 Å². The maximum atomic E-state index is 12.5. The number of rotatable bonds is 5. The molecule has 0 aromatic carbocycles. The predicted octanol–water partition coefficient (Wildman–Crippen LogP) is 3.19. The van der Waals surface area contributed by atoms with Gasteiger partial charge < -0.3 is 15.2 Å². The van der Waals surface area contributed by atoms with Crippen LogP contribution in [0.25, 0.3) is 0 Å². The summed E-state index contributed by atoms with van der Waals surface area (Å²) in [5.41, 5.74) is 6.20. The number of ether oxygens (including phenoxy) is 2. The molecule has 3 nitrogen and oxygen atoms in total. The Labute approximate surface area is 108 Å². The van der Waals surface area contributed by atoms with E-state index in [-0.39, 0.29) is 12.2 Å². The van der Waals surface area contributed by atoms with Crippen molar-refractivity contribution in [1.82, 2.24) is 0 Å². The highest BCUT2D eigenvalue weighted by molar-refractivity contribution is 5.23. The molecule has 0 aromatic rings. The van der Waals surface area contributed by atoms with Gasteiger partial charge in [-0.15, -0.1) is 0 Å². The highest BCUT2D eigenvalue weighted by Gasteiger charge is 2.26. The number of nitrogens with two attached hydrogens (primary N) is 1. The second-order valence-electron chi connectivity index (χ2n) is 4.51. The summed E-state index contributed by atoms with van der Waals surface area (Å²) in [7, 11) is 1.70. The molecule has 0 bridgehead atoms. The van der Waals surface area contributed by atoms with Crippen LogP contribution < -0.4 is 5.73 Å². The molecule has 0 spiro atoms. The van der Waals surface area contributed by atoms with Crippen molar-refractivity contribution in [2.75, 3.05) is 7.11 Å². The Hall–Kier alpha value is -1.29. The zero-order valence-corrected chi connectivity index (χ0v) is 11.1. The Bertz CT molecular complexity index is 350. The Morgan fingerprint density at radius 3 is 2.44 bits per heavy atom. The minimum absolute atomic E-state index is 0.0317. The summed E-state index contributed by atoms with van der Waals surface area (Å²) in [5, 5.41) is 0. The van der Waals surface area contributed by atoms with Gasteiger partial charge in [-0.05, 0) is 38.3 Å². The SMILES string of the molecule is C=C(F)/C=C\C(N)=C(/C)O[C@@H]1CCCCC1OC. The molecule has 0 aromatic heterocycles. The summed E-state index contributed by atoms with van der Waals surface area (Å²) in [6.07, 6.45) is 7.09. The van der Waals surface area contributed by atoms with Gasteiger partial charge in [0.1, 0.15) is 17.7 Å². The molecule has 4 heteroatoms. The summed E-state index contributed by atoms with van der Waals surface area (Å²) < 4.78 is 23.7. The van der Waals surface area contributed by atoms with Crippen LogP contribution in [-0.4, -0.2) is 19.3 Å². The van der Waals surface area contributed by atoms with Gasteiger partial charge in [-0.3, -0.25) is 0 Å². The molecule has 0 radical (unpaired) electrons. The Balaban J connectivity index is 2.63. The number of allylic oxidation sites excluding steroid dienone is 4. The molecule has 2 N–H and O–H groups in total. The van der Waals surface area contributed by atoms with Crippen molar-refractivity contribution >= 4 is 0 Å². The van der Waals surface area contributed by atoms with E-state index < -0.39 is 5.83 Å². The van der Waals surface area contributed by atoms with Crippen molar-refractivity contribution in [3.05, 3.63) is 36.0 Å². The lowest BCUT2D eigenvalue weighted by molar-refractivity contribution is -0.0520. The van der Waals surface area contributed by atoms with Crippen LogP contribution in [0.3, 0.4) is 0 Å². The van der Waals surface area contributed by atoms with Gasteiger partial charge in [0.2, 0.25) is 0 Å². The first-order valence-electron chi connectivity index (χ1n) is 6.23. The van der Waals surface area contributed by atoms with E-state index in [0.29, 0.717) is 11.5 Å². The Kier molecular flexibility index (Phi) is 5.92. The fraction of sp³-hybridized carbons (Fsp3) is 0.571. The second-order valence-corrected chi connectivity index (χ2v) is 4.51. The fourth-order valence-electron chi connectivity index (χ4n) is 2.06. The molecule has 1 fully saturated rings. The van der Waals surface area contributed by atoms with Gasteiger partial charge in [-0.1, -0.05) is 13.0 Å². The van der Waals surface area contributed by atoms with Crippen LogP contribution >= 0.6 is 0 Å². The molecule has 2 atom stereocenters. The summed E-state index contributed by atoms with van der Waals surface area (Å²) in [4.78, 5) is 0. The normalized spacial score (nSPS) is 25.9. The predicted molar refractivity (Wildman–Crippen MR) is 70.4 cm³/mol. The molecule has 18 heavy (non-hydrogen) atoms. The molecule has 1 rings (SSSR count). The number of hydrogen-bond donors (Lipinski definition) is 1. The van der Waals surface area contributed by atoms with E-state index >= 15 is 0 Å². The highest BCUT2D eigenvalue weighted by Crippen LogP contribution is 2.25. The summed E-state index contributed by atoms with van der Waals surface area (Å²) in [6, 6.07) is 0. The molecule has 1 aliphatic carbocycles. The highest BCUT2D eigenvalue weighted by atomic mass is 19.1. The molecular weight excluding hydrogens is 233 g/mol. The summed E-state index contributed by atoms with van der Waals surface area (Å²) >= 11 is 0. The smallest absolute Gasteiger partial charge is 0.124 e. The topological polar surface area (TPSA) is 44.5 Å². The quantitative estimate of drug-likeness (QED) is 0.606. The monoisotopic (exact) mass is 255 g/mol. The molecule has 102 valence electrons. The van der Waals surface area contributed by atoms with Gasteiger partial charge in [0.15, 0.2) is 0 Å². The van der Waals surface area contributed by atoms with Gasteiger partial charge in [-0.2, -0.15) is 0 Å². The largest absolute Gasteiger partial charge is 0.490 e. The number of hydrogen-bond acceptors (Lipinski definition) is 3. The van der Waals surface area contributed by atoms with E-state index in [1.54, 1.807) is 14.0 Å². The molecule has 0 heterocycles. The third-order valence-electron chi connectivity index (χ3n) is 3.12. The van der Waals surface area contributed by atoms with E-state index in [9.17, 15) is 4.39 Å². The summed E-state index contributed by atoms with van der Waals surface area (Å²) in [5.74, 6) is 0.0691. The fourth-order valence-corrected chi connectivity index (χ4v) is 2.06. The lowest BCUT2D eigenvalue weighted by Crippen LogP contribution is -2.33. The van der Waals surface area contributed by atoms with E-state index in [1.165, 1.54) is 12.2 Å². The van der Waals surface area contributed by atoms with Crippen LogP contribution in [0.2, 0.25) is 0 Å². The molecule has 1 unspecified atom stereocenters. The lowest BCUT2D eigenvalue weighted by Gasteiger charge is -2.31. The van der Waals surface area contributed by atoms with Crippen molar-refractivity contribution in [2.24, 2.45) is 5.73 Å². The maximum absolute atomic E-state index is 12.5. The number of halogens is 1. The van der Waals surface area contributed by atoms with E-state index in [2.05, 4.69) is 6.58 Å². The van der Waals surface area contributed by atoms with Crippen LogP contribution in [0.15, 0.2) is 36.0 Å². The third-order valence-corrected chi connectivity index (χ3v) is 3.12. The third kappa shape index (κ3) is 4.53. The van der Waals surface area contributed by atoms with Gasteiger partial charge in [0.25, 0.3) is 0 Å². The van der Waals surface area contributed by atoms with Crippen molar-refractivity contribution in [1.29, 1.82) is 0 Å². The minimum Gasteiger partial charge on any atom is -0.490 e. The van der Waals surface area contributed by atoms with Crippen LogP contribution in [-0.2, 0) is 9.47 Å². The molecule has 1 aliphatic rings. The minimum atomic E-state index is -0.529. The Morgan fingerprint density at radius 1 is 1.28 bits per heavy atom. The maximum Gasteiger partial charge on any atom is 0.124 e. The molecule has 0 saturated heterocycles. The van der Waals surface area contributed by atoms with Gasteiger partial charge in [0.05, 0.1) is 11.8 Å². The Morgan fingerprint density at radius 2 is 1.89 bits per heavy atom. The van der Waals surface area contributed by atoms with E-state index in [0.717, 1.165) is 25.7 Å².